The number of ether oxygens (including phenoxy) is 7. The highest BCUT2D eigenvalue weighted by Crippen LogP contribution is 2.36. The Balaban J connectivity index is 5.66. The average molecular weight is 731 g/mol. The molecule has 0 amide bonds. The van der Waals surface area contributed by atoms with Gasteiger partial charge in [0.2, 0.25) is 24.2 Å². The predicted molar refractivity (Wildman–Crippen MR) is 215 cm³/mol. The molecule has 0 saturated carbocycles. The monoisotopic (exact) mass is 731 g/mol. The molecule has 0 aliphatic rings. The number of unbranched alkanes of at least 4 members (excludes halogenated alkanes) is 20. The molecule has 2 atom stereocenters. The summed E-state index contributed by atoms with van der Waals surface area (Å²) < 4.78 is 45.6. The van der Waals surface area contributed by atoms with Gasteiger partial charge < -0.3 is 33.2 Å². The Kier molecular flexibility index (Phi) is 36.5. The van der Waals surface area contributed by atoms with Gasteiger partial charge in [-0.15, -0.1) is 0 Å². The molecule has 0 N–H and O–H groups in total. The first kappa shape index (κ1) is 50.7. The van der Waals surface area contributed by atoms with Crippen LogP contribution >= 0.6 is 0 Å². The molecule has 0 bridgehead atoms. The third kappa shape index (κ3) is 24.7. The van der Waals surface area contributed by atoms with Crippen molar-refractivity contribution >= 4 is 0 Å². The van der Waals surface area contributed by atoms with E-state index in [1.807, 2.05) is 0 Å². The van der Waals surface area contributed by atoms with Crippen LogP contribution in [-0.2, 0) is 33.2 Å². The van der Waals surface area contributed by atoms with Crippen molar-refractivity contribution in [3.05, 3.63) is 0 Å². The third-order valence-corrected chi connectivity index (χ3v) is 9.85. The summed E-state index contributed by atoms with van der Waals surface area (Å²) in [6, 6.07) is 0. The Morgan fingerprint density at radius 3 is 0.765 bits per heavy atom. The Hall–Kier alpha value is -0.280. The Bertz CT molecular complexity index is 618. The maximum atomic E-state index is 6.82. The second kappa shape index (κ2) is 36.7. The molecule has 0 aliphatic carbocycles. The van der Waals surface area contributed by atoms with Crippen LogP contribution in [0.1, 0.15) is 221 Å². The first-order valence-electron chi connectivity index (χ1n) is 22.3. The lowest BCUT2D eigenvalue weighted by atomic mass is 10.0. The van der Waals surface area contributed by atoms with Crippen molar-refractivity contribution in [2.24, 2.45) is 0 Å². The van der Waals surface area contributed by atoms with Gasteiger partial charge in [0.25, 0.3) is 0 Å². The highest BCUT2D eigenvalue weighted by atomic mass is 16.8. The molecule has 0 aromatic carbocycles. The van der Waals surface area contributed by atoms with Crippen LogP contribution in [0.2, 0.25) is 0 Å². The third-order valence-electron chi connectivity index (χ3n) is 9.85. The SMILES string of the molecule is CCCCCCCCCCCCCC(OCCC)(OCCC)C(OC)OC(OC)C(CCCCCCCCCCCCC)(OCCC)OCCC. The zero-order valence-corrected chi connectivity index (χ0v) is 35.6. The number of hydrogen-bond acceptors (Lipinski definition) is 7. The van der Waals surface area contributed by atoms with Crippen LogP contribution in [0.25, 0.3) is 0 Å². The van der Waals surface area contributed by atoms with Crippen molar-refractivity contribution in [3.63, 3.8) is 0 Å². The number of methoxy groups -OCH3 is 2. The predicted octanol–water partition coefficient (Wildman–Crippen LogP) is 13.4. The molecule has 7 heteroatoms. The molecule has 0 heterocycles. The van der Waals surface area contributed by atoms with Crippen LogP contribution in [-0.4, -0.2) is 64.8 Å². The minimum Gasteiger partial charge on any atom is -0.351 e. The first-order chi connectivity index (χ1) is 25.0. The highest BCUT2D eigenvalue weighted by molar-refractivity contribution is 4.81. The molecule has 0 rings (SSSR count). The molecule has 0 radical (unpaired) electrons. The number of hydrogen-bond donors (Lipinski definition) is 0. The summed E-state index contributed by atoms with van der Waals surface area (Å²) in [5.41, 5.74) is 0. The van der Waals surface area contributed by atoms with E-state index in [4.69, 9.17) is 33.2 Å². The van der Waals surface area contributed by atoms with E-state index in [1.165, 1.54) is 116 Å². The van der Waals surface area contributed by atoms with Crippen molar-refractivity contribution in [2.45, 2.75) is 245 Å². The summed E-state index contributed by atoms with van der Waals surface area (Å²) in [5.74, 6) is -2.09. The fourth-order valence-corrected chi connectivity index (χ4v) is 6.84. The molecule has 7 nitrogen and oxygen atoms in total. The fraction of sp³-hybridized carbons (Fsp3) is 1.00. The summed E-state index contributed by atoms with van der Waals surface area (Å²) in [5, 5.41) is 0. The van der Waals surface area contributed by atoms with Crippen LogP contribution in [0.4, 0.5) is 0 Å². The minimum absolute atomic E-state index is 0.561. The second-order valence-corrected chi connectivity index (χ2v) is 14.9. The van der Waals surface area contributed by atoms with Gasteiger partial charge in [-0.25, -0.2) is 0 Å². The Labute approximate surface area is 318 Å². The molecule has 0 saturated heterocycles. The molecule has 0 aliphatic heterocycles. The van der Waals surface area contributed by atoms with Crippen LogP contribution < -0.4 is 0 Å². The van der Waals surface area contributed by atoms with Crippen LogP contribution in [0.15, 0.2) is 0 Å². The maximum absolute atomic E-state index is 6.82. The molecule has 0 aromatic heterocycles. The van der Waals surface area contributed by atoms with Gasteiger partial charge in [-0.3, -0.25) is 0 Å². The van der Waals surface area contributed by atoms with Crippen molar-refractivity contribution in [2.75, 3.05) is 40.6 Å². The van der Waals surface area contributed by atoms with Crippen LogP contribution in [0, 0.1) is 0 Å². The van der Waals surface area contributed by atoms with Crippen molar-refractivity contribution in [1.82, 2.24) is 0 Å². The van der Waals surface area contributed by atoms with Gasteiger partial charge in [0.15, 0.2) is 0 Å². The minimum atomic E-state index is -1.05. The van der Waals surface area contributed by atoms with E-state index in [2.05, 4.69) is 41.5 Å². The van der Waals surface area contributed by atoms with E-state index in [0.29, 0.717) is 39.3 Å². The molecule has 0 spiro atoms. The van der Waals surface area contributed by atoms with Gasteiger partial charge in [0.05, 0.1) is 0 Å². The zero-order valence-electron chi connectivity index (χ0n) is 35.6. The Morgan fingerprint density at radius 2 is 0.549 bits per heavy atom. The molecule has 0 aromatic rings. The molecular formula is C44H90O7. The average Bonchev–Trinajstić information content (AvgIpc) is 3.15. The lowest BCUT2D eigenvalue weighted by Crippen LogP contribution is -2.57. The summed E-state index contributed by atoms with van der Waals surface area (Å²) in [6.07, 6.45) is 31.5. The molecule has 308 valence electrons. The van der Waals surface area contributed by atoms with E-state index in [0.717, 1.165) is 51.4 Å². The van der Waals surface area contributed by atoms with E-state index in [-0.39, 0.29) is 0 Å². The Morgan fingerprint density at radius 1 is 0.314 bits per heavy atom. The topological polar surface area (TPSA) is 64.6 Å². The first-order valence-corrected chi connectivity index (χ1v) is 22.3. The van der Waals surface area contributed by atoms with Gasteiger partial charge in [0, 0.05) is 53.5 Å². The molecular weight excluding hydrogens is 640 g/mol. The van der Waals surface area contributed by atoms with Crippen molar-refractivity contribution in [1.29, 1.82) is 0 Å². The summed E-state index contributed by atoms with van der Waals surface area (Å²) in [7, 11) is 3.37. The molecule has 0 fully saturated rings. The second-order valence-electron chi connectivity index (χ2n) is 14.9. The van der Waals surface area contributed by atoms with Gasteiger partial charge >= 0.3 is 0 Å². The molecule has 51 heavy (non-hydrogen) atoms. The van der Waals surface area contributed by atoms with Gasteiger partial charge in [-0.05, 0) is 38.5 Å². The lowest BCUT2D eigenvalue weighted by molar-refractivity contribution is -0.420. The lowest BCUT2D eigenvalue weighted by Gasteiger charge is -2.44. The largest absolute Gasteiger partial charge is 0.351 e. The van der Waals surface area contributed by atoms with E-state index >= 15 is 0 Å². The van der Waals surface area contributed by atoms with Crippen molar-refractivity contribution in [3.8, 4) is 0 Å². The standard InChI is InChI=1S/C44H90O7/c1-9-15-17-19-21-23-25-27-29-31-33-35-43(47-37-11-3,48-38-12-4)41(45-7)51-42(46-8)44(49-39-13-5,50-40-14-6)36-34-32-30-28-26-24-22-20-18-16-10-2/h41-42H,9-40H2,1-8H3. The fourth-order valence-electron chi connectivity index (χ4n) is 6.84. The normalized spacial score (nSPS) is 13.6. The summed E-state index contributed by atoms with van der Waals surface area (Å²) in [4.78, 5) is 0. The van der Waals surface area contributed by atoms with E-state index < -0.39 is 24.2 Å². The van der Waals surface area contributed by atoms with Crippen LogP contribution in [0.5, 0.6) is 0 Å². The quantitative estimate of drug-likeness (QED) is 0.0457. The number of rotatable bonds is 42. The smallest absolute Gasteiger partial charge is 0.220 e. The van der Waals surface area contributed by atoms with Crippen molar-refractivity contribution < 1.29 is 33.2 Å². The maximum Gasteiger partial charge on any atom is 0.220 e. The highest BCUT2D eigenvalue weighted by Gasteiger charge is 2.49. The van der Waals surface area contributed by atoms with Gasteiger partial charge in [-0.1, -0.05) is 170 Å². The zero-order chi connectivity index (χ0) is 37.7. The molecule has 2 unspecified atom stereocenters. The van der Waals surface area contributed by atoms with E-state index in [1.54, 1.807) is 14.2 Å². The summed E-state index contributed by atoms with van der Waals surface area (Å²) in [6.45, 7) is 15.3. The van der Waals surface area contributed by atoms with Crippen LogP contribution in [0.3, 0.4) is 0 Å². The van der Waals surface area contributed by atoms with Gasteiger partial charge in [0.1, 0.15) is 0 Å². The summed E-state index contributed by atoms with van der Waals surface area (Å²) >= 11 is 0. The van der Waals surface area contributed by atoms with E-state index in [9.17, 15) is 0 Å². The van der Waals surface area contributed by atoms with Gasteiger partial charge in [-0.2, -0.15) is 0 Å².